The van der Waals surface area contributed by atoms with Crippen molar-refractivity contribution in [1.29, 1.82) is 5.26 Å². The molecule has 0 amide bonds. The van der Waals surface area contributed by atoms with E-state index in [0.29, 0.717) is 17.9 Å². The quantitative estimate of drug-likeness (QED) is 0.876. The molecule has 1 saturated carbocycles. The summed E-state index contributed by atoms with van der Waals surface area (Å²) in [5, 5.41) is 12.8. The largest absolute Gasteiger partial charge is 0.306 e. The minimum atomic E-state index is 0.161. The van der Waals surface area contributed by atoms with E-state index in [9.17, 15) is 0 Å². The van der Waals surface area contributed by atoms with Crippen molar-refractivity contribution in [3.8, 4) is 6.07 Å². The Kier molecular flexibility index (Phi) is 4.61. The summed E-state index contributed by atoms with van der Waals surface area (Å²) in [6.45, 7) is 4.69. The Labute approximate surface area is 116 Å². The summed E-state index contributed by atoms with van der Waals surface area (Å²) in [5.74, 6) is 0. The zero-order chi connectivity index (χ0) is 13.7. The fraction of sp³-hybridized carbons (Fsp3) is 0.588. The van der Waals surface area contributed by atoms with Gasteiger partial charge in [0, 0.05) is 12.1 Å². The van der Waals surface area contributed by atoms with Crippen LogP contribution in [0.5, 0.6) is 0 Å². The number of nitrogens with zero attached hydrogens (tertiary/aromatic N) is 1. The lowest BCUT2D eigenvalue weighted by Crippen LogP contribution is -2.45. The molecule has 0 spiro atoms. The van der Waals surface area contributed by atoms with Crippen LogP contribution in [0.2, 0.25) is 0 Å². The Balaban J connectivity index is 2.11. The van der Waals surface area contributed by atoms with Crippen LogP contribution in [0.15, 0.2) is 30.3 Å². The summed E-state index contributed by atoms with van der Waals surface area (Å²) in [7, 11) is 0. The van der Waals surface area contributed by atoms with E-state index < -0.39 is 0 Å². The standard InChI is InChI=1S/C17H24N2/c1-17(2)12-7-6-10-16(17)19-15(11-13-18)14-8-4-3-5-9-14/h3-5,8-9,15-16,19H,6-7,10-12H2,1-2H3. The predicted octanol–water partition coefficient (Wildman–Crippen LogP) is 4.20. The van der Waals surface area contributed by atoms with Crippen molar-refractivity contribution >= 4 is 0 Å². The first-order chi connectivity index (χ1) is 9.13. The van der Waals surface area contributed by atoms with Crippen molar-refractivity contribution < 1.29 is 0 Å². The Morgan fingerprint density at radius 1 is 1.32 bits per heavy atom. The molecule has 0 aliphatic heterocycles. The van der Waals surface area contributed by atoms with Crippen LogP contribution in [0, 0.1) is 16.7 Å². The summed E-state index contributed by atoms with van der Waals surface area (Å²) >= 11 is 0. The highest BCUT2D eigenvalue weighted by Crippen LogP contribution is 2.37. The molecule has 0 aromatic heterocycles. The number of hydrogen-bond acceptors (Lipinski definition) is 2. The molecule has 102 valence electrons. The summed E-state index contributed by atoms with van der Waals surface area (Å²) in [6.07, 6.45) is 5.67. The molecule has 2 rings (SSSR count). The van der Waals surface area contributed by atoms with E-state index in [2.05, 4.69) is 37.4 Å². The normalized spacial score (nSPS) is 23.5. The molecule has 2 atom stereocenters. The van der Waals surface area contributed by atoms with E-state index in [4.69, 9.17) is 5.26 Å². The van der Waals surface area contributed by atoms with Crippen molar-refractivity contribution in [2.75, 3.05) is 0 Å². The zero-order valence-corrected chi connectivity index (χ0v) is 12.0. The van der Waals surface area contributed by atoms with Crippen LogP contribution in [-0.4, -0.2) is 6.04 Å². The summed E-state index contributed by atoms with van der Waals surface area (Å²) in [5.41, 5.74) is 1.56. The number of nitrogens with one attached hydrogen (secondary N) is 1. The monoisotopic (exact) mass is 256 g/mol. The van der Waals surface area contributed by atoms with Gasteiger partial charge in [0.25, 0.3) is 0 Å². The summed E-state index contributed by atoms with van der Waals surface area (Å²) < 4.78 is 0. The zero-order valence-electron chi connectivity index (χ0n) is 12.0. The molecule has 1 aliphatic carbocycles. The van der Waals surface area contributed by atoms with Gasteiger partial charge in [-0.2, -0.15) is 5.26 Å². The molecule has 19 heavy (non-hydrogen) atoms. The van der Waals surface area contributed by atoms with Gasteiger partial charge >= 0.3 is 0 Å². The Bertz CT molecular complexity index is 430. The third kappa shape index (κ3) is 3.58. The fourth-order valence-corrected chi connectivity index (χ4v) is 3.10. The topological polar surface area (TPSA) is 35.8 Å². The van der Waals surface area contributed by atoms with Gasteiger partial charge in [0.15, 0.2) is 0 Å². The van der Waals surface area contributed by atoms with E-state index in [1.165, 1.54) is 31.2 Å². The average molecular weight is 256 g/mol. The molecular formula is C17H24N2. The third-order valence-electron chi connectivity index (χ3n) is 4.41. The van der Waals surface area contributed by atoms with Crippen LogP contribution in [0.3, 0.4) is 0 Å². The first-order valence-corrected chi connectivity index (χ1v) is 7.31. The third-order valence-corrected chi connectivity index (χ3v) is 4.41. The molecule has 1 aliphatic rings. The molecule has 1 aromatic rings. The SMILES string of the molecule is CC1(C)CCCCC1NC(CC#N)c1ccccc1. The summed E-state index contributed by atoms with van der Waals surface area (Å²) in [6, 6.07) is 13.4. The molecule has 2 nitrogen and oxygen atoms in total. The fourth-order valence-electron chi connectivity index (χ4n) is 3.10. The molecule has 1 aromatic carbocycles. The van der Waals surface area contributed by atoms with E-state index in [1.807, 2.05) is 18.2 Å². The van der Waals surface area contributed by atoms with Crippen LogP contribution >= 0.6 is 0 Å². The number of nitriles is 1. The van der Waals surface area contributed by atoms with E-state index in [1.54, 1.807) is 0 Å². The average Bonchev–Trinajstić information content (AvgIpc) is 2.41. The predicted molar refractivity (Wildman–Crippen MR) is 78.6 cm³/mol. The number of rotatable bonds is 4. The second-order valence-electron chi connectivity index (χ2n) is 6.28. The Morgan fingerprint density at radius 3 is 2.68 bits per heavy atom. The maximum Gasteiger partial charge on any atom is 0.0641 e. The first-order valence-electron chi connectivity index (χ1n) is 7.31. The Morgan fingerprint density at radius 2 is 2.05 bits per heavy atom. The number of hydrogen-bond donors (Lipinski definition) is 1. The first kappa shape index (κ1) is 14.1. The van der Waals surface area contributed by atoms with Gasteiger partial charge in [-0.05, 0) is 23.8 Å². The molecule has 0 bridgehead atoms. The van der Waals surface area contributed by atoms with Crippen molar-refractivity contribution in [3.63, 3.8) is 0 Å². The minimum Gasteiger partial charge on any atom is -0.306 e. The lowest BCUT2D eigenvalue weighted by Gasteiger charge is -2.41. The van der Waals surface area contributed by atoms with Gasteiger partial charge in [-0.3, -0.25) is 0 Å². The van der Waals surface area contributed by atoms with Crippen LogP contribution in [0.1, 0.15) is 57.6 Å². The lowest BCUT2D eigenvalue weighted by atomic mass is 9.73. The van der Waals surface area contributed by atoms with Gasteiger partial charge in [-0.1, -0.05) is 57.0 Å². The second kappa shape index (κ2) is 6.21. The lowest BCUT2D eigenvalue weighted by molar-refractivity contribution is 0.155. The molecule has 0 radical (unpaired) electrons. The van der Waals surface area contributed by atoms with Crippen molar-refractivity contribution in [2.24, 2.45) is 5.41 Å². The van der Waals surface area contributed by atoms with Crippen molar-refractivity contribution in [3.05, 3.63) is 35.9 Å². The van der Waals surface area contributed by atoms with Gasteiger partial charge in [0.05, 0.1) is 12.5 Å². The van der Waals surface area contributed by atoms with E-state index in [0.717, 1.165) is 0 Å². The number of benzene rings is 1. The van der Waals surface area contributed by atoms with E-state index in [-0.39, 0.29) is 6.04 Å². The van der Waals surface area contributed by atoms with Crippen LogP contribution in [-0.2, 0) is 0 Å². The van der Waals surface area contributed by atoms with Gasteiger partial charge in [0.2, 0.25) is 0 Å². The molecule has 0 saturated heterocycles. The maximum atomic E-state index is 9.07. The Hall–Kier alpha value is -1.33. The van der Waals surface area contributed by atoms with Crippen LogP contribution in [0.25, 0.3) is 0 Å². The van der Waals surface area contributed by atoms with Gasteiger partial charge in [-0.25, -0.2) is 0 Å². The molecule has 0 heterocycles. The van der Waals surface area contributed by atoms with Gasteiger partial charge in [-0.15, -0.1) is 0 Å². The van der Waals surface area contributed by atoms with Gasteiger partial charge in [0.1, 0.15) is 0 Å². The molecule has 2 unspecified atom stereocenters. The van der Waals surface area contributed by atoms with Crippen molar-refractivity contribution in [1.82, 2.24) is 5.32 Å². The maximum absolute atomic E-state index is 9.07. The van der Waals surface area contributed by atoms with Crippen LogP contribution < -0.4 is 5.32 Å². The highest BCUT2D eigenvalue weighted by molar-refractivity contribution is 5.20. The minimum absolute atomic E-state index is 0.161. The highest BCUT2D eigenvalue weighted by Gasteiger charge is 2.33. The van der Waals surface area contributed by atoms with Crippen molar-refractivity contribution in [2.45, 2.75) is 58.0 Å². The molecule has 2 heteroatoms. The van der Waals surface area contributed by atoms with Gasteiger partial charge < -0.3 is 5.32 Å². The molecular weight excluding hydrogens is 232 g/mol. The van der Waals surface area contributed by atoms with E-state index >= 15 is 0 Å². The van der Waals surface area contributed by atoms with Crippen LogP contribution in [0.4, 0.5) is 0 Å². The molecule has 1 N–H and O–H groups in total. The second-order valence-corrected chi connectivity index (χ2v) is 6.28. The molecule has 1 fully saturated rings. The highest BCUT2D eigenvalue weighted by atomic mass is 15.0. The smallest absolute Gasteiger partial charge is 0.0641 e. The summed E-state index contributed by atoms with van der Waals surface area (Å²) in [4.78, 5) is 0.